The molecule has 0 saturated carbocycles. The number of hydrogen-bond acceptors (Lipinski definition) is 5. The van der Waals surface area contributed by atoms with E-state index in [0.717, 1.165) is 0 Å². The molecule has 0 saturated heterocycles. The van der Waals surface area contributed by atoms with E-state index in [0.29, 0.717) is 28.5 Å². The predicted molar refractivity (Wildman–Crippen MR) is 98.7 cm³/mol. The molecule has 0 aliphatic carbocycles. The molecule has 0 aliphatic rings. The lowest BCUT2D eigenvalue weighted by atomic mass is 10.1. The van der Waals surface area contributed by atoms with Gasteiger partial charge in [-0.2, -0.15) is 0 Å². The van der Waals surface area contributed by atoms with Gasteiger partial charge in [0.15, 0.2) is 0 Å². The van der Waals surface area contributed by atoms with Crippen molar-refractivity contribution < 1.29 is 14.3 Å². The normalized spacial score (nSPS) is 13.2. The molecule has 5 N–H and O–H groups in total. The van der Waals surface area contributed by atoms with Gasteiger partial charge >= 0.3 is 0 Å². The van der Waals surface area contributed by atoms with Gasteiger partial charge in [0, 0.05) is 11.8 Å². The quantitative estimate of drug-likeness (QED) is 0.527. The van der Waals surface area contributed by atoms with Crippen molar-refractivity contribution in [2.24, 2.45) is 5.73 Å². The van der Waals surface area contributed by atoms with E-state index in [1.807, 2.05) is 12.1 Å². The molecule has 0 bridgehead atoms. The van der Waals surface area contributed by atoms with Gasteiger partial charge in [0.25, 0.3) is 0 Å². The molecule has 7 nitrogen and oxygen atoms in total. The maximum absolute atomic E-state index is 13.7. The van der Waals surface area contributed by atoms with Gasteiger partial charge in [-0.1, -0.05) is 18.2 Å². The smallest absolute Gasteiger partial charge is 0.239 e. The molecule has 0 spiro atoms. The van der Waals surface area contributed by atoms with E-state index in [4.69, 9.17) is 5.73 Å². The van der Waals surface area contributed by atoms with Crippen LogP contribution in [0.4, 0.5) is 4.39 Å². The number of aliphatic hydroxyl groups is 1. The minimum Gasteiger partial charge on any atom is -0.391 e. The van der Waals surface area contributed by atoms with Gasteiger partial charge in [-0.25, -0.2) is 9.37 Å². The summed E-state index contributed by atoms with van der Waals surface area (Å²) in [5, 5.41) is 12.0. The number of rotatable bonds is 6. The molecule has 0 radical (unpaired) electrons. The Morgan fingerprint density at radius 2 is 2.15 bits per heavy atom. The number of aromatic nitrogens is 3. The maximum atomic E-state index is 13.7. The number of imidazole rings is 1. The third kappa shape index (κ3) is 4.36. The fraction of sp³-hybridized carbons (Fsp3) is 0.211. The van der Waals surface area contributed by atoms with Crippen LogP contribution in [0.1, 0.15) is 12.7 Å². The van der Waals surface area contributed by atoms with Crippen molar-refractivity contribution >= 4 is 5.91 Å². The number of halogens is 1. The van der Waals surface area contributed by atoms with E-state index in [2.05, 4.69) is 20.3 Å². The number of carbonyl (C=O) groups excluding carboxylic acids is 1. The third-order valence-electron chi connectivity index (χ3n) is 4.02. The SMILES string of the molecule is C[C@@H](O)[C@H](N)C(=O)NCc1nc(-c2cccc(F)c2)c(-c2ccccn2)[nH]1. The molecule has 2 heterocycles. The standard InChI is InChI=1S/C19H20FN5O2/c1-11(26)16(21)19(27)23-10-15-24-17(12-5-4-6-13(20)9-12)18(25-15)14-7-2-3-8-22-14/h2-9,11,16,26H,10,21H2,1H3,(H,23,27)(H,24,25)/t11-,16+/m1/s1. The van der Waals surface area contributed by atoms with Gasteiger partial charge in [-0.3, -0.25) is 9.78 Å². The van der Waals surface area contributed by atoms with Crippen LogP contribution in [0.15, 0.2) is 48.7 Å². The zero-order valence-corrected chi connectivity index (χ0v) is 14.7. The average molecular weight is 369 g/mol. The summed E-state index contributed by atoms with van der Waals surface area (Å²) in [7, 11) is 0. The van der Waals surface area contributed by atoms with Crippen molar-refractivity contribution in [1.29, 1.82) is 0 Å². The molecule has 140 valence electrons. The predicted octanol–water partition coefficient (Wildman–Crippen LogP) is 1.60. The molecule has 2 atom stereocenters. The van der Waals surface area contributed by atoms with Crippen molar-refractivity contribution in [3.63, 3.8) is 0 Å². The zero-order chi connectivity index (χ0) is 19.4. The second kappa shape index (κ2) is 8.07. The molecular weight excluding hydrogens is 349 g/mol. The van der Waals surface area contributed by atoms with E-state index >= 15 is 0 Å². The summed E-state index contributed by atoms with van der Waals surface area (Å²) in [6, 6.07) is 10.5. The van der Waals surface area contributed by atoms with Crippen LogP contribution < -0.4 is 11.1 Å². The minimum absolute atomic E-state index is 0.0778. The Hall–Kier alpha value is -3.10. The van der Waals surface area contributed by atoms with Gasteiger partial charge in [-0.15, -0.1) is 0 Å². The molecule has 0 fully saturated rings. The Kier molecular flexibility index (Phi) is 5.58. The average Bonchev–Trinajstić information content (AvgIpc) is 3.10. The van der Waals surface area contributed by atoms with E-state index in [1.54, 1.807) is 24.4 Å². The number of nitrogens with zero attached hydrogens (tertiary/aromatic N) is 2. The van der Waals surface area contributed by atoms with Crippen molar-refractivity contribution in [2.75, 3.05) is 0 Å². The Bertz CT molecular complexity index is 927. The molecule has 0 unspecified atom stereocenters. The van der Waals surface area contributed by atoms with E-state index < -0.39 is 18.1 Å². The van der Waals surface area contributed by atoms with Crippen LogP contribution in [0.5, 0.6) is 0 Å². The van der Waals surface area contributed by atoms with E-state index in [1.165, 1.54) is 19.1 Å². The number of pyridine rings is 1. The number of aliphatic hydroxyl groups excluding tert-OH is 1. The Labute approximate surface area is 155 Å². The molecule has 8 heteroatoms. The fourth-order valence-corrected chi connectivity index (χ4v) is 2.55. The van der Waals surface area contributed by atoms with Crippen LogP contribution >= 0.6 is 0 Å². The maximum Gasteiger partial charge on any atom is 0.239 e. The number of carbonyl (C=O) groups is 1. The summed E-state index contributed by atoms with van der Waals surface area (Å²) in [6.45, 7) is 1.52. The van der Waals surface area contributed by atoms with Gasteiger partial charge < -0.3 is 21.1 Å². The first-order chi connectivity index (χ1) is 13.0. The lowest BCUT2D eigenvalue weighted by Gasteiger charge is -2.13. The number of benzene rings is 1. The summed E-state index contributed by atoms with van der Waals surface area (Å²) in [5.41, 5.74) is 7.98. The highest BCUT2D eigenvalue weighted by molar-refractivity contribution is 5.82. The highest BCUT2D eigenvalue weighted by atomic mass is 19.1. The van der Waals surface area contributed by atoms with Gasteiger partial charge in [0.1, 0.15) is 17.7 Å². The van der Waals surface area contributed by atoms with Crippen LogP contribution in [0.2, 0.25) is 0 Å². The zero-order valence-electron chi connectivity index (χ0n) is 14.7. The number of nitrogens with two attached hydrogens (primary N) is 1. The molecule has 0 aliphatic heterocycles. The summed E-state index contributed by atoms with van der Waals surface area (Å²) in [4.78, 5) is 23.9. The third-order valence-corrected chi connectivity index (χ3v) is 4.02. The highest BCUT2D eigenvalue weighted by Crippen LogP contribution is 2.29. The first-order valence-electron chi connectivity index (χ1n) is 8.43. The topological polar surface area (TPSA) is 117 Å². The lowest BCUT2D eigenvalue weighted by Crippen LogP contribution is -2.46. The Morgan fingerprint density at radius 1 is 1.33 bits per heavy atom. The van der Waals surface area contributed by atoms with E-state index in [9.17, 15) is 14.3 Å². The second-order valence-electron chi connectivity index (χ2n) is 6.12. The van der Waals surface area contributed by atoms with E-state index in [-0.39, 0.29) is 12.4 Å². The molecule has 27 heavy (non-hydrogen) atoms. The molecule has 1 amide bonds. The van der Waals surface area contributed by atoms with Crippen molar-refractivity contribution in [3.05, 3.63) is 60.3 Å². The van der Waals surface area contributed by atoms with Crippen LogP contribution in [0.3, 0.4) is 0 Å². The Morgan fingerprint density at radius 3 is 2.81 bits per heavy atom. The van der Waals surface area contributed by atoms with Crippen molar-refractivity contribution in [2.45, 2.75) is 25.6 Å². The largest absolute Gasteiger partial charge is 0.391 e. The van der Waals surface area contributed by atoms with Crippen LogP contribution in [0.25, 0.3) is 22.6 Å². The lowest BCUT2D eigenvalue weighted by molar-refractivity contribution is -0.124. The second-order valence-corrected chi connectivity index (χ2v) is 6.12. The highest BCUT2D eigenvalue weighted by Gasteiger charge is 2.20. The van der Waals surface area contributed by atoms with Crippen LogP contribution in [-0.2, 0) is 11.3 Å². The van der Waals surface area contributed by atoms with Crippen molar-refractivity contribution in [1.82, 2.24) is 20.3 Å². The summed E-state index contributed by atoms with van der Waals surface area (Å²) in [6.07, 6.45) is 0.683. The van der Waals surface area contributed by atoms with Gasteiger partial charge in [0.05, 0.1) is 29.7 Å². The first kappa shape index (κ1) is 18.7. The number of hydrogen-bond donors (Lipinski definition) is 4. The first-order valence-corrected chi connectivity index (χ1v) is 8.43. The molecule has 3 aromatic rings. The molecule has 3 rings (SSSR count). The summed E-state index contributed by atoms with van der Waals surface area (Å²) >= 11 is 0. The number of nitrogens with one attached hydrogen (secondary N) is 2. The van der Waals surface area contributed by atoms with Gasteiger partial charge in [0.2, 0.25) is 5.91 Å². The summed E-state index contributed by atoms with van der Waals surface area (Å²) < 4.78 is 13.7. The van der Waals surface area contributed by atoms with Gasteiger partial charge in [-0.05, 0) is 31.2 Å². The van der Waals surface area contributed by atoms with Crippen LogP contribution in [0, 0.1) is 5.82 Å². The number of amides is 1. The monoisotopic (exact) mass is 369 g/mol. The van der Waals surface area contributed by atoms with Crippen LogP contribution in [-0.4, -0.2) is 38.1 Å². The molecule has 1 aromatic carbocycles. The fourth-order valence-electron chi connectivity index (χ4n) is 2.55. The minimum atomic E-state index is -1.03. The summed E-state index contributed by atoms with van der Waals surface area (Å²) in [5.74, 6) is -0.408. The molecular formula is C19H20FN5O2. The Balaban J connectivity index is 1.92. The number of H-pyrrole nitrogens is 1. The number of aromatic amines is 1. The van der Waals surface area contributed by atoms with Crippen molar-refractivity contribution in [3.8, 4) is 22.6 Å². The molecule has 2 aromatic heterocycles.